The van der Waals surface area contributed by atoms with E-state index in [1.54, 1.807) is 14.2 Å². The van der Waals surface area contributed by atoms with Crippen LogP contribution in [0.2, 0.25) is 0 Å². The van der Waals surface area contributed by atoms with Gasteiger partial charge in [-0.1, -0.05) is 18.2 Å². The Balaban J connectivity index is 0.00000341. The van der Waals surface area contributed by atoms with E-state index in [-0.39, 0.29) is 29.9 Å². The van der Waals surface area contributed by atoms with Crippen molar-refractivity contribution in [3.8, 4) is 5.75 Å². The average Bonchev–Trinajstić information content (AvgIpc) is 2.81. The van der Waals surface area contributed by atoms with E-state index in [0.717, 1.165) is 56.4 Å². The highest BCUT2D eigenvalue weighted by Crippen LogP contribution is 2.22. The molecular weight excluding hydrogens is 505 g/mol. The van der Waals surface area contributed by atoms with Crippen molar-refractivity contribution in [2.75, 3.05) is 58.8 Å². The molecule has 0 unspecified atom stereocenters. The van der Waals surface area contributed by atoms with Crippen LogP contribution in [0.25, 0.3) is 0 Å². The summed E-state index contributed by atoms with van der Waals surface area (Å²) in [5, 5.41) is 6.13. The third kappa shape index (κ3) is 6.75. The first kappa shape index (κ1) is 24.8. The van der Waals surface area contributed by atoms with Crippen LogP contribution in [-0.4, -0.2) is 70.7 Å². The van der Waals surface area contributed by atoms with Gasteiger partial charge in [-0.2, -0.15) is 0 Å². The molecule has 1 aliphatic rings. The Bertz CT molecular complexity index is 882. The fraction of sp³-hybridized carbons (Fsp3) is 0.391. The van der Waals surface area contributed by atoms with Gasteiger partial charge in [-0.15, -0.1) is 24.0 Å². The first-order valence-corrected chi connectivity index (χ1v) is 10.3. The molecule has 8 heteroatoms. The minimum atomic E-state index is -0.0606. The molecule has 1 amide bonds. The Morgan fingerprint density at radius 3 is 2.52 bits per heavy atom. The Kier molecular flexibility index (Phi) is 9.90. The number of carbonyl (C=O) groups excluding carboxylic acids is 1. The Morgan fingerprint density at radius 2 is 1.84 bits per heavy atom. The van der Waals surface area contributed by atoms with Gasteiger partial charge in [0.2, 0.25) is 0 Å². The Labute approximate surface area is 201 Å². The van der Waals surface area contributed by atoms with Crippen LogP contribution in [0.3, 0.4) is 0 Å². The maximum atomic E-state index is 11.8. The number of carbonyl (C=O) groups is 1. The predicted molar refractivity (Wildman–Crippen MR) is 137 cm³/mol. The van der Waals surface area contributed by atoms with Crippen molar-refractivity contribution in [2.45, 2.75) is 6.42 Å². The number of ether oxygens (including phenoxy) is 1. The summed E-state index contributed by atoms with van der Waals surface area (Å²) in [5.41, 5.74) is 3.00. The van der Waals surface area contributed by atoms with E-state index < -0.39 is 0 Å². The number of benzene rings is 2. The molecule has 0 bridgehead atoms. The summed E-state index contributed by atoms with van der Waals surface area (Å²) in [7, 11) is 5.17. The largest absolute Gasteiger partial charge is 0.497 e. The molecule has 0 aliphatic carbocycles. The van der Waals surface area contributed by atoms with Gasteiger partial charge in [0.05, 0.1) is 7.11 Å². The van der Waals surface area contributed by atoms with E-state index in [0.29, 0.717) is 5.56 Å². The molecule has 1 heterocycles. The summed E-state index contributed by atoms with van der Waals surface area (Å²) in [6.45, 7) is 4.44. The lowest BCUT2D eigenvalue weighted by Crippen LogP contribution is -2.52. The zero-order chi connectivity index (χ0) is 21.3. The van der Waals surface area contributed by atoms with E-state index in [1.165, 1.54) is 5.69 Å². The van der Waals surface area contributed by atoms with Crippen molar-refractivity contribution >= 4 is 41.5 Å². The lowest BCUT2D eigenvalue weighted by Gasteiger charge is -2.37. The first-order chi connectivity index (χ1) is 14.6. The van der Waals surface area contributed by atoms with Gasteiger partial charge in [0.15, 0.2) is 5.96 Å². The maximum absolute atomic E-state index is 11.8. The van der Waals surface area contributed by atoms with Crippen LogP contribution in [0, 0.1) is 0 Å². The van der Waals surface area contributed by atoms with Crippen LogP contribution in [0.15, 0.2) is 53.5 Å². The number of amides is 1. The average molecular weight is 537 g/mol. The number of guanidine groups is 1. The van der Waals surface area contributed by atoms with Crippen LogP contribution in [0.4, 0.5) is 5.69 Å². The minimum Gasteiger partial charge on any atom is -0.497 e. The molecule has 0 atom stereocenters. The van der Waals surface area contributed by atoms with E-state index in [1.807, 2.05) is 43.4 Å². The van der Waals surface area contributed by atoms with Gasteiger partial charge in [-0.3, -0.25) is 9.79 Å². The third-order valence-electron chi connectivity index (χ3n) is 5.32. The molecule has 0 saturated carbocycles. The number of methoxy groups -OCH3 is 1. The molecule has 1 fully saturated rings. The number of nitrogens with one attached hydrogen (secondary N) is 2. The molecule has 1 saturated heterocycles. The number of aliphatic imine (C=N–C) groups is 1. The highest BCUT2D eigenvalue weighted by atomic mass is 127. The van der Waals surface area contributed by atoms with Crippen LogP contribution in [-0.2, 0) is 6.42 Å². The van der Waals surface area contributed by atoms with Gasteiger partial charge in [0.25, 0.3) is 5.91 Å². The normalized spacial score (nSPS) is 14.0. The molecule has 31 heavy (non-hydrogen) atoms. The number of hydrogen-bond acceptors (Lipinski definition) is 4. The highest BCUT2D eigenvalue weighted by molar-refractivity contribution is 14.0. The van der Waals surface area contributed by atoms with Gasteiger partial charge in [-0.05, 0) is 36.2 Å². The van der Waals surface area contributed by atoms with E-state index in [9.17, 15) is 4.79 Å². The Hall–Kier alpha value is -2.49. The lowest BCUT2D eigenvalue weighted by molar-refractivity contribution is 0.0963. The number of anilines is 1. The van der Waals surface area contributed by atoms with Crippen molar-refractivity contribution in [3.05, 3.63) is 59.7 Å². The maximum Gasteiger partial charge on any atom is 0.251 e. The summed E-state index contributed by atoms with van der Waals surface area (Å²) in [5.74, 6) is 1.74. The van der Waals surface area contributed by atoms with Gasteiger partial charge in [0.1, 0.15) is 5.75 Å². The molecular formula is C23H32IN5O2. The van der Waals surface area contributed by atoms with Gasteiger partial charge >= 0.3 is 0 Å². The molecule has 0 aromatic heterocycles. The fourth-order valence-corrected chi connectivity index (χ4v) is 3.65. The predicted octanol–water partition coefficient (Wildman–Crippen LogP) is 2.61. The topological polar surface area (TPSA) is 69.2 Å². The summed E-state index contributed by atoms with van der Waals surface area (Å²) in [6.07, 6.45) is 0.827. The zero-order valence-electron chi connectivity index (χ0n) is 18.4. The van der Waals surface area contributed by atoms with Gasteiger partial charge in [-0.25, -0.2) is 0 Å². The second-order valence-electron chi connectivity index (χ2n) is 7.18. The fourth-order valence-electron chi connectivity index (χ4n) is 3.65. The monoisotopic (exact) mass is 537 g/mol. The van der Waals surface area contributed by atoms with Crippen molar-refractivity contribution in [1.29, 1.82) is 0 Å². The van der Waals surface area contributed by atoms with Crippen molar-refractivity contribution in [2.24, 2.45) is 4.99 Å². The van der Waals surface area contributed by atoms with Crippen molar-refractivity contribution in [3.63, 3.8) is 0 Å². The quantitative estimate of drug-likeness (QED) is 0.337. The summed E-state index contributed by atoms with van der Waals surface area (Å²) < 4.78 is 5.34. The molecule has 3 rings (SSSR count). The molecule has 2 N–H and O–H groups in total. The second-order valence-corrected chi connectivity index (χ2v) is 7.18. The lowest BCUT2D eigenvalue weighted by atomic mass is 10.1. The number of hydrogen-bond donors (Lipinski definition) is 2. The number of halogens is 1. The molecule has 7 nitrogen and oxygen atoms in total. The molecule has 0 radical (unpaired) electrons. The second kappa shape index (κ2) is 12.4. The van der Waals surface area contributed by atoms with E-state index in [2.05, 4.69) is 37.6 Å². The zero-order valence-corrected chi connectivity index (χ0v) is 20.8. The van der Waals surface area contributed by atoms with Crippen LogP contribution >= 0.6 is 24.0 Å². The van der Waals surface area contributed by atoms with Gasteiger partial charge < -0.3 is 25.2 Å². The summed E-state index contributed by atoms with van der Waals surface area (Å²) in [4.78, 5) is 20.9. The molecule has 2 aromatic carbocycles. The van der Waals surface area contributed by atoms with E-state index >= 15 is 0 Å². The first-order valence-electron chi connectivity index (χ1n) is 10.3. The summed E-state index contributed by atoms with van der Waals surface area (Å²) in [6, 6.07) is 15.9. The molecule has 0 spiro atoms. The number of nitrogens with zero attached hydrogens (tertiary/aromatic N) is 3. The van der Waals surface area contributed by atoms with Crippen molar-refractivity contribution < 1.29 is 9.53 Å². The molecule has 2 aromatic rings. The number of rotatable bonds is 6. The van der Waals surface area contributed by atoms with Gasteiger partial charge in [0, 0.05) is 64.1 Å². The minimum absolute atomic E-state index is 0. The summed E-state index contributed by atoms with van der Waals surface area (Å²) >= 11 is 0. The highest BCUT2D eigenvalue weighted by Gasteiger charge is 2.20. The smallest absolute Gasteiger partial charge is 0.251 e. The molecule has 1 aliphatic heterocycles. The Morgan fingerprint density at radius 1 is 1.10 bits per heavy atom. The number of piperazine rings is 1. The van der Waals surface area contributed by atoms with Crippen molar-refractivity contribution in [1.82, 2.24) is 15.5 Å². The SMILES string of the molecule is CN=C(NCCc1cccc(C(=O)NC)c1)N1CCN(c2cccc(OC)c2)CC1.I. The third-order valence-corrected chi connectivity index (χ3v) is 5.32. The van der Waals surface area contributed by atoms with Crippen LogP contribution < -0.4 is 20.3 Å². The van der Waals surface area contributed by atoms with E-state index in [4.69, 9.17) is 4.74 Å². The standard InChI is InChI=1S/C23H31N5O2.HI/c1-24-22(29)19-7-4-6-18(16-19)10-11-26-23(25-2)28-14-12-27(13-15-28)20-8-5-9-21(17-20)30-3;/h4-9,16-17H,10-15H2,1-3H3,(H,24,29)(H,25,26);1H. The van der Waals surface area contributed by atoms with Crippen LogP contribution in [0.1, 0.15) is 15.9 Å². The van der Waals surface area contributed by atoms with Crippen LogP contribution in [0.5, 0.6) is 5.75 Å². The molecule has 168 valence electrons.